The van der Waals surface area contributed by atoms with Gasteiger partial charge in [-0.3, -0.25) is 0 Å². The Morgan fingerprint density at radius 2 is 1.74 bits per heavy atom. The van der Waals surface area contributed by atoms with Gasteiger partial charge in [-0.1, -0.05) is 35.3 Å². The largest absolute Gasteiger partial charge is 0.417 e. The molecule has 0 aliphatic carbocycles. The van der Waals surface area contributed by atoms with E-state index in [1.807, 2.05) is 0 Å². The predicted octanol–water partition coefficient (Wildman–Crippen LogP) is 4.10. The summed E-state index contributed by atoms with van der Waals surface area (Å²) in [5, 5.41) is 0.185. The van der Waals surface area contributed by atoms with E-state index in [2.05, 4.69) is 4.98 Å². The second kappa shape index (κ2) is 6.97. The number of nitrogens with two attached hydrogens (primary N) is 1. The Bertz CT molecular complexity index is 1130. The molecular weight excluding hydrogens is 426 g/mol. The number of aromatic nitrogens is 2. The van der Waals surface area contributed by atoms with Crippen LogP contribution in [0, 0.1) is 0 Å². The Balaban J connectivity index is 2.38. The SMILES string of the molecule is NCCc1nc2cc(Cl)c(Cl)cc2n1S(=O)(=O)c1ccccc1C(F)(F)F. The zero-order chi connectivity index (χ0) is 20.0. The Labute approximate surface area is 162 Å². The van der Waals surface area contributed by atoms with Crippen molar-refractivity contribution in [3.63, 3.8) is 0 Å². The van der Waals surface area contributed by atoms with Gasteiger partial charge in [0, 0.05) is 6.42 Å². The Morgan fingerprint density at radius 3 is 2.37 bits per heavy atom. The van der Waals surface area contributed by atoms with Gasteiger partial charge in [0.1, 0.15) is 10.7 Å². The van der Waals surface area contributed by atoms with Crippen molar-refractivity contribution in [3.8, 4) is 0 Å². The first-order chi connectivity index (χ1) is 12.6. The number of rotatable bonds is 4. The molecule has 11 heteroatoms. The molecule has 0 radical (unpaired) electrons. The molecule has 2 N–H and O–H groups in total. The molecule has 2 aromatic carbocycles. The van der Waals surface area contributed by atoms with Crippen LogP contribution >= 0.6 is 23.2 Å². The minimum absolute atomic E-state index is 0.0113. The lowest BCUT2D eigenvalue weighted by molar-refractivity contribution is -0.139. The molecule has 0 saturated heterocycles. The van der Waals surface area contributed by atoms with Gasteiger partial charge < -0.3 is 5.73 Å². The molecule has 0 saturated carbocycles. The summed E-state index contributed by atoms with van der Waals surface area (Å²) in [5.41, 5.74) is 4.44. The normalized spacial score (nSPS) is 12.7. The Morgan fingerprint density at radius 1 is 1.11 bits per heavy atom. The summed E-state index contributed by atoms with van der Waals surface area (Å²) in [6, 6.07) is 6.53. The van der Waals surface area contributed by atoms with Crippen LogP contribution in [0.4, 0.5) is 13.2 Å². The molecule has 5 nitrogen and oxygen atoms in total. The van der Waals surface area contributed by atoms with E-state index < -0.39 is 26.7 Å². The maximum Gasteiger partial charge on any atom is 0.417 e. The highest BCUT2D eigenvalue weighted by Gasteiger charge is 2.38. The quantitative estimate of drug-likeness (QED) is 0.666. The molecule has 0 bridgehead atoms. The zero-order valence-corrected chi connectivity index (χ0v) is 15.8. The van der Waals surface area contributed by atoms with Gasteiger partial charge in [0.25, 0.3) is 10.0 Å². The predicted molar refractivity (Wildman–Crippen MR) is 96.5 cm³/mol. The highest BCUT2D eigenvalue weighted by molar-refractivity contribution is 7.90. The zero-order valence-electron chi connectivity index (χ0n) is 13.5. The molecular formula is C16H12Cl2F3N3O2S. The van der Waals surface area contributed by atoms with Gasteiger partial charge in [0.05, 0.1) is 26.6 Å². The monoisotopic (exact) mass is 437 g/mol. The van der Waals surface area contributed by atoms with E-state index in [0.29, 0.717) is 6.07 Å². The van der Waals surface area contributed by atoms with E-state index in [0.717, 1.165) is 16.1 Å². The van der Waals surface area contributed by atoms with Crippen LogP contribution < -0.4 is 5.73 Å². The summed E-state index contributed by atoms with van der Waals surface area (Å²) in [7, 11) is -4.64. The van der Waals surface area contributed by atoms with Crippen molar-refractivity contribution in [1.82, 2.24) is 8.96 Å². The minimum atomic E-state index is -4.85. The van der Waals surface area contributed by atoms with Crippen LogP contribution in [0.25, 0.3) is 11.0 Å². The standard InChI is InChI=1S/C16H12Cl2F3N3O2S/c17-10-7-12-13(8-11(10)18)24(15(23-12)5-6-22)27(25,26)14-4-2-1-3-9(14)16(19,20)21/h1-4,7-8H,5-6,22H2. The molecule has 0 unspecified atom stereocenters. The number of halogens is 5. The van der Waals surface area contributed by atoms with Crippen molar-refractivity contribution in [2.45, 2.75) is 17.5 Å². The van der Waals surface area contributed by atoms with Crippen LogP contribution in [-0.2, 0) is 22.6 Å². The van der Waals surface area contributed by atoms with E-state index in [1.165, 1.54) is 18.2 Å². The summed E-state index contributed by atoms with van der Waals surface area (Å²) in [4.78, 5) is 3.28. The van der Waals surface area contributed by atoms with Gasteiger partial charge in [-0.15, -0.1) is 0 Å². The van der Waals surface area contributed by atoms with Crippen molar-refractivity contribution >= 4 is 44.3 Å². The molecule has 27 heavy (non-hydrogen) atoms. The fourth-order valence-electron chi connectivity index (χ4n) is 2.68. The maximum atomic E-state index is 13.4. The number of fused-ring (bicyclic) bond motifs is 1. The highest BCUT2D eigenvalue weighted by atomic mass is 35.5. The first-order valence-electron chi connectivity index (χ1n) is 7.55. The molecule has 0 amide bonds. The summed E-state index contributed by atoms with van der Waals surface area (Å²) in [6.07, 6.45) is -4.83. The van der Waals surface area contributed by atoms with Gasteiger partial charge >= 0.3 is 6.18 Å². The number of benzene rings is 2. The van der Waals surface area contributed by atoms with Crippen LogP contribution in [0.5, 0.6) is 0 Å². The number of hydrogen-bond donors (Lipinski definition) is 1. The lowest BCUT2D eigenvalue weighted by Crippen LogP contribution is -2.21. The fraction of sp³-hybridized carbons (Fsp3) is 0.188. The van der Waals surface area contributed by atoms with E-state index in [9.17, 15) is 21.6 Å². The van der Waals surface area contributed by atoms with E-state index in [1.54, 1.807) is 0 Å². The van der Waals surface area contributed by atoms with Crippen molar-refractivity contribution in [3.05, 3.63) is 57.8 Å². The molecule has 0 aliphatic rings. The second-order valence-electron chi connectivity index (χ2n) is 5.59. The Hall–Kier alpha value is -1.81. The second-order valence-corrected chi connectivity index (χ2v) is 8.15. The molecule has 3 aromatic rings. The van der Waals surface area contributed by atoms with E-state index >= 15 is 0 Å². The first-order valence-corrected chi connectivity index (χ1v) is 9.75. The maximum absolute atomic E-state index is 13.4. The Kier molecular flexibility index (Phi) is 5.15. The molecule has 1 aromatic heterocycles. The van der Waals surface area contributed by atoms with Crippen LogP contribution in [-0.4, -0.2) is 23.9 Å². The number of alkyl halides is 3. The van der Waals surface area contributed by atoms with Crippen LogP contribution in [0.1, 0.15) is 11.4 Å². The molecule has 0 fully saturated rings. The van der Waals surface area contributed by atoms with Crippen LogP contribution in [0.15, 0.2) is 41.3 Å². The van der Waals surface area contributed by atoms with Crippen molar-refractivity contribution in [2.24, 2.45) is 5.73 Å². The summed E-state index contributed by atoms with van der Waals surface area (Å²) in [5.74, 6) is -0.0113. The topological polar surface area (TPSA) is 78.0 Å². The summed E-state index contributed by atoms with van der Waals surface area (Å²) < 4.78 is 67.1. The third-order valence-corrected chi connectivity index (χ3v) is 6.32. The third-order valence-electron chi connectivity index (χ3n) is 3.80. The molecule has 1 heterocycles. The average Bonchev–Trinajstić information content (AvgIpc) is 2.92. The average molecular weight is 438 g/mol. The fourth-order valence-corrected chi connectivity index (χ4v) is 4.72. The molecule has 0 spiro atoms. The molecule has 144 valence electrons. The van der Waals surface area contributed by atoms with Gasteiger partial charge in [-0.25, -0.2) is 17.4 Å². The minimum Gasteiger partial charge on any atom is -0.330 e. The molecule has 3 rings (SSSR count). The lowest BCUT2D eigenvalue weighted by atomic mass is 10.2. The van der Waals surface area contributed by atoms with Crippen molar-refractivity contribution in [2.75, 3.05) is 6.54 Å². The third kappa shape index (κ3) is 3.52. The van der Waals surface area contributed by atoms with Gasteiger partial charge in [-0.05, 0) is 30.8 Å². The van der Waals surface area contributed by atoms with Gasteiger partial charge in [0.15, 0.2) is 0 Å². The van der Waals surface area contributed by atoms with Gasteiger partial charge in [0.2, 0.25) is 0 Å². The number of nitrogens with zero attached hydrogens (tertiary/aromatic N) is 2. The van der Waals surface area contributed by atoms with E-state index in [-0.39, 0.29) is 39.9 Å². The summed E-state index contributed by atoms with van der Waals surface area (Å²) in [6.45, 7) is 0.0429. The van der Waals surface area contributed by atoms with Crippen LogP contribution in [0.2, 0.25) is 10.0 Å². The van der Waals surface area contributed by atoms with Crippen molar-refractivity contribution < 1.29 is 21.6 Å². The number of hydrogen-bond acceptors (Lipinski definition) is 4. The smallest absolute Gasteiger partial charge is 0.330 e. The number of imidazole rings is 1. The summed E-state index contributed by atoms with van der Waals surface area (Å²) >= 11 is 11.9. The molecule has 0 atom stereocenters. The van der Waals surface area contributed by atoms with Crippen LogP contribution in [0.3, 0.4) is 0 Å². The van der Waals surface area contributed by atoms with Gasteiger partial charge in [-0.2, -0.15) is 13.2 Å². The van der Waals surface area contributed by atoms with Crippen molar-refractivity contribution in [1.29, 1.82) is 0 Å². The highest BCUT2D eigenvalue weighted by Crippen LogP contribution is 2.37. The lowest BCUT2D eigenvalue weighted by Gasteiger charge is -2.15. The first kappa shape index (κ1) is 19.9. The van der Waals surface area contributed by atoms with E-state index in [4.69, 9.17) is 28.9 Å². The molecule has 0 aliphatic heterocycles.